The quantitative estimate of drug-likeness (QED) is 0.614. The van der Waals surface area contributed by atoms with Gasteiger partial charge in [-0.25, -0.2) is 4.98 Å². The van der Waals surface area contributed by atoms with Gasteiger partial charge in [-0.1, -0.05) is 12.1 Å². The van der Waals surface area contributed by atoms with Crippen LogP contribution in [0.25, 0.3) is 0 Å². The Bertz CT molecular complexity index is 940. The number of rotatable bonds is 7. The highest BCUT2D eigenvalue weighted by molar-refractivity contribution is 6.04. The Balaban J connectivity index is 1.70. The Kier molecular flexibility index (Phi) is 6.11. The molecule has 1 aromatic heterocycles. The molecular weight excluding hydrogens is 354 g/mol. The van der Waals surface area contributed by atoms with Crippen LogP contribution in [0.15, 0.2) is 66.9 Å². The van der Waals surface area contributed by atoms with Gasteiger partial charge in [-0.2, -0.15) is 0 Å². The largest absolute Gasteiger partial charge is 0.495 e. The normalized spacial score (nSPS) is 10.4. The van der Waals surface area contributed by atoms with Gasteiger partial charge in [0.15, 0.2) is 0 Å². The molecule has 3 rings (SSSR count). The molecule has 0 aliphatic carbocycles. The fourth-order valence-electron chi connectivity index (χ4n) is 2.62. The van der Waals surface area contributed by atoms with Crippen LogP contribution in [0.3, 0.4) is 0 Å². The van der Waals surface area contributed by atoms with E-state index in [1.54, 1.807) is 25.4 Å². The first-order valence-electron chi connectivity index (χ1n) is 8.99. The number of ether oxygens (including phenoxy) is 2. The first-order chi connectivity index (χ1) is 13.5. The zero-order chi connectivity index (χ0) is 19.9. The topological polar surface area (TPSA) is 72.5 Å². The van der Waals surface area contributed by atoms with Gasteiger partial charge >= 0.3 is 0 Å². The molecule has 0 aliphatic heterocycles. The van der Waals surface area contributed by atoms with Gasteiger partial charge in [0.1, 0.15) is 17.3 Å². The smallest absolute Gasteiger partial charge is 0.255 e. The number of amides is 1. The molecule has 2 aromatic carbocycles. The summed E-state index contributed by atoms with van der Waals surface area (Å²) in [6.07, 6.45) is 1.69. The van der Waals surface area contributed by atoms with E-state index in [1.165, 1.54) is 0 Å². The van der Waals surface area contributed by atoms with Gasteiger partial charge < -0.3 is 20.1 Å². The first kappa shape index (κ1) is 19.2. The van der Waals surface area contributed by atoms with Crippen LogP contribution in [-0.4, -0.2) is 24.1 Å². The molecule has 0 saturated carbocycles. The Morgan fingerprint density at radius 3 is 2.50 bits per heavy atom. The van der Waals surface area contributed by atoms with Crippen LogP contribution < -0.4 is 20.1 Å². The summed E-state index contributed by atoms with van der Waals surface area (Å²) in [5, 5.41) is 6.05. The van der Waals surface area contributed by atoms with E-state index in [9.17, 15) is 4.79 Å². The minimum Gasteiger partial charge on any atom is -0.495 e. The third-order valence-corrected chi connectivity index (χ3v) is 3.88. The maximum atomic E-state index is 12.6. The van der Waals surface area contributed by atoms with Crippen molar-refractivity contribution in [1.29, 1.82) is 0 Å². The molecule has 0 atom stereocenters. The number of hydrogen-bond acceptors (Lipinski definition) is 5. The van der Waals surface area contributed by atoms with Gasteiger partial charge in [0.05, 0.1) is 18.9 Å². The van der Waals surface area contributed by atoms with Gasteiger partial charge in [-0.15, -0.1) is 0 Å². The SMILES string of the molecule is COc1ccccc1Nc1cc(C(=O)Nc2ccc(OC(C)C)cc2)ccn1. The number of anilines is 3. The fraction of sp³-hybridized carbons (Fsp3) is 0.182. The molecule has 2 N–H and O–H groups in total. The number of nitrogens with one attached hydrogen (secondary N) is 2. The van der Waals surface area contributed by atoms with E-state index >= 15 is 0 Å². The highest BCUT2D eigenvalue weighted by atomic mass is 16.5. The monoisotopic (exact) mass is 377 g/mol. The van der Waals surface area contributed by atoms with E-state index < -0.39 is 0 Å². The van der Waals surface area contributed by atoms with Crippen molar-refractivity contribution in [2.24, 2.45) is 0 Å². The molecule has 0 saturated heterocycles. The summed E-state index contributed by atoms with van der Waals surface area (Å²) in [5.41, 5.74) is 1.96. The van der Waals surface area contributed by atoms with Gasteiger partial charge in [-0.05, 0) is 62.4 Å². The number of para-hydroxylation sites is 2. The molecule has 0 radical (unpaired) electrons. The minimum absolute atomic E-state index is 0.103. The first-order valence-corrected chi connectivity index (χ1v) is 8.99. The highest BCUT2D eigenvalue weighted by Gasteiger charge is 2.09. The molecule has 6 nitrogen and oxygen atoms in total. The summed E-state index contributed by atoms with van der Waals surface area (Å²) < 4.78 is 10.9. The number of nitrogens with zero attached hydrogens (tertiary/aromatic N) is 1. The molecule has 3 aromatic rings. The third kappa shape index (κ3) is 5.01. The summed E-state index contributed by atoms with van der Waals surface area (Å²) >= 11 is 0. The predicted molar refractivity (Wildman–Crippen MR) is 111 cm³/mol. The van der Waals surface area contributed by atoms with Gasteiger partial charge in [-0.3, -0.25) is 4.79 Å². The molecule has 0 bridgehead atoms. The molecule has 1 heterocycles. The van der Waals surface area contributed by atoms with Gasteiger partial charge in [0, 0.05) is 17.4 Å². The number of carbonyl (C=O) groups is 1. The van der Waals surface area contributed by atoms with Crippen LogP contribution in [0, 0.1) is 0 Å². The molecule has 0 fully saturated rings. The van der Waals surface area contributed by atoms with Crippen LogP contribution in [-0.2, 0) is 0 Å². The molecule has 0 unspecified atom stereocenters. The second-order valence-electron chi connectivity index (χ2n) is 6.40. The van der Waals surface area contributed by atoms with Crippen molar-refractivity contribution in [1.82, 2.24) is 4.98 Å². The summed E-state index contributed by atoms with van der Waals surface area (Å²) in [6.45, 7) is 3.94. The number of hydrogen-bond donors (Lipinski definition) is 2. The molecule has 0 spiro atoms. The Morgan fingerprint density at radius 2 is 1.79 bits per heavy atom. The van der Waals surface area contributed by atoms with Crippen molar-refractivity contribution >= 4 is 23.1 Å². The van der Waals surface area contributed by atoms with Crippen molar-refractivity contribution in [2.45, 2.75) is 20.0 Å². The lowest BCUT2D eigenvalue weighted by Crippen LogP contribution is -2.12. The lowest BCUT2D eigenvalue weighted by molar-refractivity contribution is 0.102. The number of methoxy groups -OCH3 is 1. The van der Waals surface area contributed by atoms with Crippen LogP contribution in [0.1, 0.15) is 24.2 Å². The van der Waals surface area contributed by atoms with E-state index in [4.69, 9.17) is 9.47 Å². The third-order valence-electron chi connectivity index (χ3n) is 3.88. The summed E-state index contributed by atoms with van der Waals surface area (Å²) in [5.74, 6) is 1.80. The number of carbonyl (C=O) groups excluding carboxylic acids is 1. The maximum Gasteiger partial charge on any atom is 0.255 e. The van der Waals surface area contributed by atoms with Crippen molar-refractivity contribution in [3.05, 3.63) is 72.4 Å². The Morgan fingerprint density at radius 1 is 1.04 bits per heavy atom. The summed E-state index contributed by atoms with van der Waals surface area (Å²) in [6, 6.07) is 18.2. The average molecular weight is 377 g/mol. The zero-order valence-electron chi connectivity index (χ0n) is 16.1. The van der Waals surface area contributed by atoms with Crippen LogP contribution in [0.5, 0.6) is 11.5 Å². The van der Waals surface area contributed by atoms with Crippen LogP contribution in [0.2, 0.25) is 0 Å². The molecule has 28 heavy (non-hydrogen) atoms. The molecule has 6 heteroatoms. The number of pyridine rings is 1. The highest BCUT2D eigenvalue weighted by Crippen LogP contribution is 2.26. The van der Waals surface area contributed by atoms with Gasteiger partial charge in [0.25, 0.3) is 5.91 Å². The molecule has 1 amide bonds. The van der Waals surface area contributed by atoms with Crippen molar-refractivity contribution in [3.63, 3.8) is 0 Å². The number of aromatic nitrogens is 1. The van der Waals surface area contributed by atoms with Crippen LogP contribution in [0.4, 0.5) is 17.2 Å². The summed E-state index contributed by atoms with van der Waals surface area (Å²) in [4.78, 5) is 16.9. The Hall–Kier alpha value is -3.54. The predicted octanol–water partition coefficient (Wildman–Crippen LogP) is 4.87. The summed E-state index contributed by atoms with van der Waals surface area (Å²) in [7, 11) is 1.61. The van der Waals surface area contributed by atoms with Crippen molar-refractivity contribution in [3.8, 4) is 11.5 Å². The van der Waals surface area contributed by atoms with E-state index in [1.807, 2.05) is 62.4 Å². The standard InChI is InChI=1S/C22H23N3O3/c1-15(2)28-18-10-8-17(9-11-18)24-22(26)16-12-13-23-21(14-16)25-19-6-4-5-7-20(19)27-3/h4-15H,1-3H3,(H,23,25)(H,24,26). The van der Waals surface area contributed by atoms with Crippen molar-refractivity contribution < 1.29 is 14.3 Å². The van der Waals surface area contributed by atoms with E-state index in [0.29, 0.717) is 22.8 Å². The minimum atomic E-state index is -0.219. The molecule has 0 aliphatic rings. The van der Waals surface area contributed by atoms with E-state index in [0.717, 1.165) is 11.4 Å². The number of benzene rings is 2. The Labute approximate surface area is 164 Å². The second-order valence-corrected chi connectivity index (χ2v) is 6.40. The lowest BCUT2D eigenvalue weighted by atomic mass is 10.2. The van der Waals surface area contributed by atoms with Crippen molar-refractivity contribution in [2.75, 3.05) is 17.7 Å². The zero-order valence-corrected chi connectivity index (χ0v) is 16.1. The second kappa shape index (κ2) is 8.90. The molecular formula is C22H23N3O3. The lowest BCUT2D eigenvalue weighted by Gasteiger charge is -2.12. The average Bonchev–Trinajstić information content (AvgIpc) is 2.70. The van der Waals surface area contributed by atoms with Gasteiger partial charge in [0.2, 0.25) is 0 Å². The molecule has 144 valence electrons. The maximum absolute atomic E-state index is 12.6. The van der Waals surface area contributed by atoms with E-state index in [2.05, 4.69) is 15.6 Å². The van der Waals surface area contributed by atoms with Crippen LogP contribution >= 0.6 is 0 Å². The fourth-order valence-corrected chi connectivity index (χ4v) is 2.62. The van der Waals surface area contributed by atoms with E-state index in [-0.39, 0.29) is 12.0 Å².